The van der Waals surface area contributed by atoms with Crippen molar-refractivity contribution in [3.05, 3.63) is 29.8 Å². The van der Waals surface area contributed by atoms with Crippen LogP contribution in [0.1, 0.15) is 30.1 Å². The Labute approximate surface area is 106 Å². The van der Waals surface area contributed by atoms with Crippen molar-refractivity contribution >= 4 is 17.6 Å². The highest BCUT2D eigenvalue weighted by Gasteiger charge is 2.13. The molecule has 0 aliphatic carbocycles. The summed E-state index contributed by atoms with van der Waals surface area (Å²) in [6, 6.07) is 6.77. The molecule has 0 spiro atoms. The topological polar surface area (TPSA) is 81.4 Å². The highest BCUT2D eigenvalue weighted by molar-refractivity contribution is 6.01. The molecule has 18 heavy (non-hydrogen) atoms. The van der Waals surface area contributed by atoms with Gasteiger partial charge in [0.2, 0.25) is 5.91 Å². The minimum atomic E-state index is -0.438. The van der Waals surface area contributed by atoms with Gasteiger partial charge < -0.3 is 15.8 Å². The molecular formula is C13H18N2O3. The van der Waals surface area contributed by atoms with Crippen molar-refractivity contribution < 1.29 is 14.3 Å². The van der Waals surface area contributed by atoms with Gasteiger partial charge in [-0.15, -0.1) is 0 Å². The number of carbonyl (C=O) groups is 2. The number of anilines is 1. The van der Waals surface area contributed by atoms with Crippen molar-refractivity contribution in [1.29, 1.82) is 0 Å². The lowest BCUT2D eigenvalue weighted by atomic mass is 10.1. The van der Waals surface area contributed by atoms with Crippen LogP contribution in [-0.2, 0) is 9.53 Å². The molecule has 1 aromatic rings. The van der Waals surface area contributed by atoms with E-state index in [1.54, 1.807) is 31.2 Å². The van der Waals surface area contributed by atoms with Gasteiger partial charge in [-0.25, -0.2) is 4.79 Å². The third kappa shape index (κ3) is 4.18. The fraction of sp³-hybridized carbons (Fsp3) is 0.385. The molecule has 0 saturated carbocycles. The molecule has 5 nitrogen and oxygen atoms in total. The van der Waals surface area contributed by atoms with E-state index >= 15 is 0 Å². The summed E-state index contributed by atoms with van der Waals surface area (Å²) < 4.78 is 4.92. The Morgan fingerprint density at radius 3 is 2.72 bits per heavy atom. The number of rotatable bonds is 6. The predicted octanol–water partition coefficient (Wildman–Crippen LogP) is 1.54. The number of para-hydroxylation sites is 1. The molecule has 0 aromatic heterocycles. The minimum absolute atomic E-state index is 0.155. The Morgan fingerprint density at radius 1 is 1.33 bits per heavy atom. The predicted molar refractivity (Wildman–Crippen MR) is 69.3 cm³/mol. The Morgan fingerprint density at radius 2 is 2.06 bits per heavy atom. The van der Waals surface area contributed by atoms with Gasteiger partial charge in [0.25, 0.3) is 0 Å². The van der Waals surface area contributed by atoms with Gasteiger partial charge in [-0.1, -0.05) is 12.1 Å². The molecule has 0 heterocycles. The fourth-order valence-electron chi connectivity index (χ4n) is 1.45. The number of esters is 1. The van der Waals surface area contributed by atoms with Crippen LogP contribution in [0.3, 0.4) is 0 Å². The quantitative estimate of drug-likeness (QED) is 0.750. The second-order valence-corrected chi connectivity index (χ2v) is 3.71. The molecule has 0 aliphatic heterocycles. The molecule has 0 saturated heterocycles. The second-order valence-electron chi connectivity index (χ2n) is 3.71. The molecule has 1 rings (SSSR count). The van der Waals surface area contributed by atoms with E-state index in [0.717, 1.165) is 0 Å². The maximum Gasteiger partial charge on any atom is 0.340 e. The van der Waals surface area contributed by atoms with Crippen molar-refractivity contribution in [2.75, 3.05) is 18.5 Å². The van der Waals surface area contributed by atoms with Crippen LogP contribution in [-0.4, -0.2) is 25.0 Å². The molecule has 0 bridgehead atoms. The summed E-state index contributed by atoms with van der Waals surface area (Å²) in [5.41, 5.74) is 6.17. The van der Waals surface area contributed by atoms with E-state index < -0.39 is 5.97 Å². The molecule has 1 amide bonds. The van der Waals surface area contributed by atoms with Crippen LogP contribution in [0.25, 0.3) is 0 Å². The first-order chi connectivity index (χ1) is 8.69. The number of hydrogen-bond donors (Lipinski definition) is 2. The summed E-state index contributed by atoms with van der Waals surface area (Å²) in [5.74, 6) is -0.593. The number of carbonyl (C=O) groups excluding carboxylic acids is 2. The van der Waals surface area contributed by atoms with Gasteiger partial charge in [0.15, 0.2) is 0 Å². The average Bonchev–Trinajstić information content (AvgIpc) is 2.37. The highest BCUT2D eigenvalue weighted by atomic mass is 16.5. The van der Waals surface area contributed by atoms with E-state index in [1.165, 1.54) is 0 Å². The SMILES string of the molecule is CCOC(=O)c1ccccc1NC(=O)CCCN. The minimum Gasteiger partial charge on any atom is -0.462 e. The molecule has 1 aromatic carbocycles. The van der Waals surface area contributed by atoms with E-state index in [1.807, 2.05) is 0 Å². The third-order valence-corrected chi connectivity index (χ3v) is 2.30. The Hall–Kier alpha value is -1.88. The van der Waals surface area contributed by atoms with Crippen molar-refractivity contribution in [2.45, 2.75) is 19.8 Å². The molecule has 0 fully saturated rings. The van der Waals surface area contributed by atoms with Gasteiger partial charge in [-0.3, -0.25) is 4.79 Å². The largest absolute Gasteiger partial charge is 0.462 e. The van der Waals surface area contributed by atoms with Gasteiger partial charge in [0.05, 0.1) is 17.9 Å². The lowest BCUT2D eigenvalue weighted by Crippen LogP contribution is -2.16. The van der Waals surface area contributed by atoms with Crippen molar-refractivity contribution in [2.24, 2.45) is 5.73 Å². The van der Waals surface area contributed by atoms with E-state index in [0.29, 0.717) is 37.2 Å². The van der Waals surface area contributed by atoms with Crippen LogP contribution in [0.15, 0.2) is 24.3 Å². The summed E-state index contributed by atoms with van der Waals surface area (Å²) in [5, 5.41) is 2.69. The summed E-state index contributed by atoms with van der Waals surface area (Å²) in [6.45, 7) is 2.50. The molecule has 5 heteroatoms. The number of benzene rings is 1. The van der Waals surface area contributed by atoms with E-state index in [2.05, 4.69) is 5.32 Å². The normalized spacial score (nSPS) is 9.89. The maximum absolute atomic E-state index is 11.7. The molecule has 0 unspecified atom stereocenters. The van der Waals surface area contributed by atoms with Gasteiger partial charge in [-0.2, -0.15) is 0 Å². The van der Waals surface area contributed by atoms with Crippen molar-refractivity contribution in [3.8, 4) is 0 Å². The van der Waals surface area contributed by atoms with Crippen LogP contribution >= 0.6 is 0 Å². The molecule has 98 valence electrons. The molecule has 0 radical (unpaired) electrons. The van der Waals surface area contributed by atoms with Crippen LogP contribution in [0.2, 0.25) is 0 Å². The number of hydrogen-bond acceptors (Lipinski definition) is 4. The van der Waals surface area contributed by atoms with Crippen LogP contribution in [0, 0.1) is 0 Å². The Bertz CT molecular complexity index is 418. The zero-order chi connectivity index (χ0) is 13.4. The smallest absolute Gasteiger partial charge is 0.340 e. The van der Waals surface area contributed by atoms with Crippen molar-refractivity contribution in [1.82, 2.24) is 0 Å². The summed E-state index contributed by atoms with van der Waals surface area (Å²) in [6.07, 6.45) is 0.959. The molecule has 3 N–H and O–H groups in total. The highest BCUT2D eigenvalue weighted by Crippen LogP contribution is 2.16. The Kier molecular flexibility index (Phi) is 5.87. The second kappa shape index (κ2) is 7.45. The summed E-state index contributed by atoms with van der Waals surface area (Å²) in [7, 11) is 0. The standard InChI is InChI=1S/C13H18N2O3/c1-2-18-13(17)10-6-3-4-7-11(10)15-12(16)8-5-9-14/h3-4,6-7H,2,5,8-9,14H2,1H3,(H,15,16). The number of nitrogens with two attached hydrogens (primary N) is 1. The molecule has 0 atom stereocenters. The number of ether oxygens (including phenoxy) is 1. The van der Waals surface area contributed by atoms with Gasteiger partial charge >= 0.3 is 5.97 Å². The van der Waals surface area contributed by atoms with Crippen LogP contribution in [0.5, 0.6) is 0 Å². The molecular weight excluding hydrogens is 232 g/mol. The van der Waals surface area contributed by atoms with Crippen molar-refractivity contribution in [3.63, 3.8) is 0 Å². The average molecular weight is 250 g/mol. The van der Waals surface area contributed by atoms with E-state index in [4.69, 9.17) is 10.5 Å². The summed E-state index contributed by atoms with van der Waals surface area (Å²) in [4.78, 5) is 23.3. The monoisotopic (exact) mass is 250 g/mol. The lowest BCUT2D eigenvalue weighted by Gasteiger charge is -2.09. The first kappa shape index (κ1) is 14.2. The zero-order valence-electron chi connectivity index (χ0n) is 10.4. The van der Waals surface area contributed by atoms with E-state index in [-0.39, 0.29) is 5.91 Å². The van der Waals surface area contributed by atoms with Gasteiger partial charge in [-0.05, 0) is 32.0 Å². The summed E-state index contributed by atoms with van der Waals surface area (Å²) >= 11 is 0. The van der Waals surface area contributed by atoms with Crippen LogP contribution < -0.4 is 11.1 Å². The number of amides is 1. The molecule has 0 aliphatic rings. The first-order valence-corrected chi connectivity index (χ1v) is 5.95. The maximum atomic E-state index is 11.7. The first-order valence-electron chi connectivity index (χ1n) is 5.95. The van der Waals surface area contributed by atoms with Gasteiger partial charge in [0, 0.05) is 6.42 Å². The Balaban J connectivity index is 2.76. The number of nitrogens with one attached hydrogen (secondary N) is 1. The fourth-order valence-corrected chi connectivity index (χ4v) is 1.45. The lowest BCUT2D eigenvalue weighted by molar-refractivity contribution is -0.116. The van der Waals surface area contributed by atoms with Crippen LogP contribution in [0.4, 0.5) is 5.69 Å². The third-order valence-electron chi connectivity index (χ3n) is 2.30. The zero-order valence-corrected chi connectivity index (χ0v) is 10.4. The van der Waals surface area contributed by atoms with Gasteiger partial charge in [0.1, 0.15) is 0 Å². The van der Waals surface area contributed by atoms with E-state index in [9.17, 15) is 9.59 Å².